The van der Waals surface area contributed by atoms with Gasteiger partial charge in [0.2, 0.25) is 0 Å². The quantitative estimate of drug-likeness (QED) is 0.339. The van der Waals surface area contributed by atoms with Crippen molar-refractivity contribution in [2.75, 3.05) is 19.1 Å². The van der Waals surface area contributed by atoms with Crippen molar-refractivity contribution < 1.29 is 13.9 Å². The van der Waals surface area contributed by atoms with Gasteiger partial charge in [-0.05, 0) is 77.7 Å². The standard InChI is InChI=1S/C30H29FN2O2/c1-20-29(23-4-12-25(31)13-5-23)32-30(24-10-18-28(35-3)19-11-24)33(20)26-14-6-21(7-15-26)22-8-16-27(34-2)17-9-22/h4-20,29-30,32H,1-3H3. The van der Waals surface area contributed by atoms with E-state index < -0.39 is 0 Å². The summed E-state index contributed by atoms with van der Waals surface area (Å²) in [4.78, 5) is 2.40. The minimum atomic E-state index is -0.225. The largest absolute Gasteiger partial charge is 0.497 e. The number of anilines is 1. The predicted octanol–water partition coefficient (Wildman–Crippen LogP) is 6.75. The summed E-state index contributed by atoms with van der Waals surface area (Å²) in [6.07, 6.45) is -0.0437. The Kier molecular flexibility index (Phi) is 6.43. The van der Waals surface area contributed by atoms with Gasteiger partial charge in [0, 0.05) is 11.7 Å². The first kappa shape index (κ1) is 22.9. The maximum absolute atomic E-state index is 13.6. The lowest BCUT2D eigenvalue weighted by molar-refractivity contribution is 0.414. The fraction of sp³-hybridized carbons (Fsp3) is 0.200. The molecule has 0 saturated carbocycles. The molecular weight excluding hydrogens is 439 g/mol. The van der Waals surface area contributed by atoms with Gasteiger partial charge in [0.05, 0.1) is 20.3 Å². The van der Waals surface area contributed by atoms with Crippen LogP contribution in [0.5, 0.6) is 11.5 Å². The van der Waals surface area contributed by atoms with Crippen LogP contribution in [0.15, 0.2) is 97.1 Å². The molecule has 35 heavy (non-hydrogen) atoms. The molecule has 1 N–H and O–H groups in total. The Morgan fingerprint density at radius 3 is 1.69 bits per heavy atom. The summed E-state index contributed by atoms with van der Waals surface area (Å²) in [5.74, 6) is 1.44. The Morgan fingerprint density at radius 1 is 0.657 bits per heavy atom. The summed E-state index contributed by atoms with van der Waals surface area (Å²) in [6, 6.07) is 31.8. The highest BCUT2D eigenvalue weighted by Gasteiger charge is 2.39. The van der Waals surface area contributed by atoms with Crippen LogP contribution in [0.2, 0.25) is 0 Å². The highest BCUT2D eigenvalue weighted by molar-refractivity contribution is 5.67. The lowest BCUT2D eigenvalue weighted by Gasteiger charge is -2.31. The van der Waals surface area contributed by atoms with Gasteiger partial charge in [0.15, 0.2) is 0 Å². The minimum Gasteiger partial charge on any atom is -0.497 e. The molecule has 4 aromatic carbocycles. The van der Waals surface area contributed by atoms with Crippen LogP contribution >= 0.6 is 0 Å². The lowest BCUT2D eigenvalue weighted by Crippen LogP contribution is -2.31. The summed E-state index contributed by atoms with van der Waals surface area (Å²) < 4.78 is 24.2. The maximum atomic E-state index is 13.6. The van der Waals surface area contributed by atoms with Crippen molar-refractivity contribution in [2.24, 2.45) is 0 Å². The van der Waals surface area contributed by atoms with Crippen LogP contribution in [0.1, 0.15) is 30.3 Å². The van der Waals surface area contributed by atoms with Crippen molar-refractivity contribution in [3.8, 4) is 22.6 Å². The Balaban J connectivity index is 1.49. The van der Waals surface area contributed by atoms with Crippen LogP contribution in [0.3, 0.4) is 0 Å². The monoisotopic (exact) mass is 468 g/mol. The number of rotatable bonds is 6. The highest BCUT2D eigenvalue weighted by atomic mass is 19.1. The topological polar surface area (TPSA) is 33.7 Å². The van der Waals surface area contributed by atoms with E-state index in [0.717, 1.165) is 39.4 Å². The molecule has 5 rings (SSSR count). The van der Waals surface area contributed by atoms with Crippen molar-refractivity contribution in [3.63, 3.8) is 0 Å². The molecule has 4 nitrogen and oxygen atoms in total. The first-order chi connectivity index (χ1) is 17.1. The van der Waals surface area contributed by atoms with Crippen molar-refractivity contribution in [1.82, 2.24) is 5.32 Å². The number of nitrogens with zero attached hydrogens (tertiary/aromatic N) is 1. The Morgan fingerprint density at radius 2 is 1.14 bits per heavy atom. The lowest BCUT2D eigenvalue weighted by atomic mass is 10.0. The van der Waals surface area contributed by atoms with Gasteiger partial charge in [-0.25, -0.2) is 4.39 Å². The third-order valence-electron chi connectivity index (χ3n) is 6.79. The van der Waals surface area contributed by atoms with E-state index in [1.165, 1.54) is 12.1 Å². The van der Waals surface area contributed by atoms with Crippen LogP contribution < -0.4 is 19.7 Å². The van der Waals surface area contributed by atoms with Crippen LogP contribution in [0.4, 0.5) is 10.1 Å². The second-order valence-electron chi connectivity index (χ2n) is 8.79. The zero-order valence-corrected chi connectivity index (χ0v) is 20.1. The number of nitrogens with one attached hydrogen (secondary N) is 1. The Bertz CT molecular complexity index is 1260. The van der Waals surface area contributed by atoms with Gasteiger partial charge < -0.3 is 14.4 Å². The van der Waals surface area contributed by atoms with E-state index in [9.17, 15) is 4.39 Å². The molecule has 1 aliphatic heterocycles. The highest BCUT2D eigenvalue weighted by Crippen LogP contribution is 2.41. The molecule has 3 unspecified atom stereocenters. The summed E-state index contributed by atoms with van der Waals surface area (Å²) in [5, 5.41) is 3.79. The summed E-state index contributed by atoms with van der Waals surface area (Å²) >= 11 is 0. The molecule has 3 atom stereocenters. The molecule has 1 saturated heterocycles. The van der Waals surface area contributed by atoms with Crippen LogP contribution in [0, 0.1) is 5.82 Å². The van der Waals surface area contributed by atoms with Gasteiger partial charge in [-0.15, -0.1) is 0 Å². The van der Waals surface area contributed by atoms with Gasteiger partial charge in [-0.2, -0.15) is 0 Å². The number of methoxy groups -OCH3 is 2. The van der Waals surface area contributed by atoms with Gasteiger partial charge in [-0.3, -0.25) is 5.32 Å². The second-order valence-corrected chi connectivity index (χ2v) is 8.79. The molecule has 0 amide bonds. The van der Waals surface area contributed by atoms with E-state index in [-0.39, 0.29) is 24.1 Å². The van der Waals surface area contributed by atoms with Crippen LogP contribution in [-0.4, -0.2) is 20.3 Å². The third kappa shape index (κ3) is 4.60. The van der Waals surface area contributed by atoms with E-state index >= 15 is 0 Å². The predicted molar refractivity (Wildman–Crippen MR) is 138 cm³/mol. The number of ether oxygens (including phenoxy) is 2. The zero-order chi connectivity index (χ0) is 24.4. The Labute approximate surface area is 205 Å². The fourth-order valence-corrected chi connectivity index (χ4v) is 4.87. The van der Waals surface area contributed by atoms with Gasteiger partial charge in [-0.1, -0.05) is 48.5 Å². The molecule has 1 aliphatic rings. The van der Waals surface area contributed by atoms with Crippen molar-refractivity contribution >= 4 is 5.69 Å². The third-order valence-corrected chi connectivity index (χ3v) is 6.79. The van der Waals surface area contributed by atoms with Gasteiger partial charge >= 0.3 is 0 Å². The van der Waals surface area contributed by atoms with Crippen LogP contribution in [-0.2, 0) is 0 Å². The van der Waals surface area contributed by atoms with E-state index in [0.29, 0.717) is 0 Å². The molecule has 0 bridgehead atoms. The zero-order valence-electron chi connectivity index (χ0n) is 20.1. The van der Waals surface area contributed by atoms with E-state index in [1.807, 2.05) is 36.4 Å². The molecular formula is C30H29FN2O2. The van der Waals surface area contributed by atoms with Crippen molar-refractivity contribution in [2.45, 2.75) is 25.2 Å². The van der Waals surface area contributed by atoms with Crippen molar-refractivity contribution in [1.29, 1.82) is 0 Å². The van der Waals surface area contributed by atoms with Gasteiger partial charge in [0.25, 0.3) is 0 Å². The second kappa shape index (κ2) is 9.80. The first-order valence-electron chi connectivity index (χ1n) is 11.8. The number of halogens is 1. The van der Waals surface area contributed by atoms with E-state index in [4.69, 9.17) is 9.47 Å². The first-order valence-corrected chi connectivity index (χ1v) is 11.8. The number of hydrogen-bond donors (Lipinski definition) is 1. The molecule has 1 fully saturated rings. The van der Waals surface area contributed by atoms with E-state index in [2.05, 4.69) is 65.7 Å². The average molecular weight is 469 g/mol. The minimum absolute atomic E-state index is 0.0437. The Hall–Kier alpha value is -3.83. The molecule has 178 valence electrons. The molecule has 0 aromatic heterocycles. The summed E-state index contributed by atoms with van der Waals surface area (Å²) in [6.45, 7) is 2.21. The van der Waals surface area contributed by atoms with Gasteiger partial charge in [0.1, 0.15) is 23.5 Å². The van der Waals surface area contributed by atoms with E-state index in [1.54, 1.807) is 14.2 Å². The maximum Gasteiger partial charge on any atom is 0.123 e. The normalized spacial score (nSPS) is 19.5. The summed E-state index contributed by atoms with van der Waals surface area (Å²) in [7, 11) is 3.35. The SMILES string of the molecule is COc1ccc(-c2ccc(N3C(c4ccc(OC)cc4)NC(c4ccc(F)cc4)C3C)cc2)cc1. The molecule has 4 aromatic rings. The number of benzene rings is 4. The van der Waals surface area contributed by atoms with Crippen LogP contribution in [0.25, 0.3) is 11.1 Å². The molecule has 1 heterocycles. The molecule has 5 heteroatoms. The van der Waals surface area contributed by atoms with Crippen molar-refractivity contribution in [3.05, 3.63) is 114 Å². The fourth-order valence-electron chi connectivity index (χ4n) is 4.87. The smallest absolute Gasteiger partial charge is 0.123 e. The number of hydrogen-bond acceptors (Lipinski definition) is 4. The molecule has 0 aliphatic carbocycles. The summed E-state index contributed by atoms with van der Waals surface area (Å²) in [5.41, 5.74) is 5.61. The average Bonchev–Trinajstić information content (AvgIpc) is 3.26. The molecule has 0 spiro atoms. The molecule has 0 radical (unpaired) electrons.